The number of carbonyl (C=O) groups excluding carboxylic acids is 1. The Morgan fingerprint density at radius 3 is 2.81 bits per heavy atom. The monoisotopic (exact) mass is 358 g/mol. The summed E-state index contributed by atoms with van der Waals surface area (Å²) in [6.45, 7) is 6.06. The highest BCUT2D eigenvalue weighted by Gasteiger charge is 2.24. The fraction of sp³-hybridized carbons (Fsp3) is 0.529. The molecule has 2 aromatic rings. The number of pyridine rings is 1. The van der Waals surface area contributed by atoms with E-state index < -0.39 is 0 Å². The molecule has 0 unspecified atom stereocenters. The Labute approximate surface area is 151 Å². The highest BCUT2D eigenvalue weighted by atomic mass is 16.5. The molecular formula is C17H22N6O3. The minimum atomic E-state index is 0.187. The number of aromatic nitrogens is 3. The van der Waals surface area contributed by atoms with Crippen molar-refractivity contribution < 1.29 is 14.1 Å². The average molecular weight is 358 g/mol. The average Bonchev–Trinajstić information content (AvgIpc) is 3.15. The molecule has 2 aromatic heterocycles. The van der Waals surface area contributed by atoms with E-state index in [9.17, 15) is 4.79 Å². The lowest BCUT2D eigenvalue weighted by molar-refractivity contribution is -0.131. The van der Waals surface area contributed by atoms with E-state index in [4.69, 9.17) is 9.26 Å². The molecule has 26 heavy (non-hydrogen) atoms. The van der Waals surface area contributed by atoms with Crippen LogP contribution >= 0.6 is 0 Å². The predicted molar refractivity (Wildman–Crippen MR) is 94.8 cm³/mol. The van der Waals surface area contributed by atoms with Gasteiger partial charge in [-0.1, -0.05) is 6.92 Å². The molecule has 1 amide bonds. The second-order valence-corrected chi connectivity index (χ2v) is 6.43. The summed E-state index contributed by atoms with van der Waals surface area (Å²) < 4.78 is 10.6. The van der Waals surface area contributed by atoms with E-state index in [1.807, 2.05) is 28.9 Å². The van der Waals surface area contributed by atoms with Gasteiger partial charge in [-0.15, -0.1) is 0 Å². The molecule has 0 spiro atoms. The van der Waals surface area contributed by atoms with Gasteiger partial charge in [0, 0.05) is 44.4 Å². The molecule has 2 saturated heterocycles. The number of hydrogen-bond donors (Lipinski definition) is 1. The van der Waals surface area contributed by atoms with E-state index in [-0.39, 0.29) is 5.91 Å². The zero-order valence-corrected chi connectivity index (χ0v) is 14.7. The number of nitrogens with one attached hydrogen (secondary N) is 1. The summed E-state index contributed by atoms with van der Waals surface area (Å²) in [4.78, 5) is 24.5. The summed E-state index contributed by atoms with van der Waals surface area (Å²) in [5.74, 6) is 1.97. The molecule has 9 heteroatoms. The normalized spacial score (nSPS) is 17.9. The first-order valence-electron chi connectivity index (χ1n) is 8.90. The Kier molecular flexibility index (Phi) is 4.70. The molecule has 138 valence electrons. The zero-order valence-electron chi connectivity index (χ0n) is 14.7. The maximum atomic E-state index is 11.8. The number of anilines is 2. The minimum Gasteiger partial charge on any atom is -0.377 e. The molecule has 0 atom stereocenters. The standard InChI is InChI=1S/C17H22N6O3/c1-2-15(24)22-5-7-23(8-6-22)17-20-16(26-21-17)12-3-4-18-14(9-12)19-13-10-25-11-13/h3-4,9,13H,2,5-8,10-11H2,1H3,(H,18,19). The van der Waals surface area contributed by atoms with Gasteiger partial charge in [-0.3, -0.25) is 4.79 Å². The van der Waals surface area contributed by atoms with E-state index in [1.165, 1.54) is 0 Å². The van der Waals surface area contributed by atoms with Crippen LogP contribution in [0.5, 0.6) is 0 Å². The molecule has 0 saturated carbocycles. The van der Waals surface area contributed by atoms with Crippen LogP contribution in [0.15, 0.2) is 22.9 Å². The molecule has 0 aliphatic carbocycles. The Hall–Kier alpha value is -2.68. The van der Waals surface area contributed by atoms with Gasteiger partial charge in [0.2, 0.25) is 5.91 Å². The molecule has 1 N–H and O–H groups in total. The quantitative estimate of drug-likeness (QED) is 0.846. The Balaban J connectivity index is 1.42. The summed E-state index contributed by atoms with van der Waals surface area (Å²) in [7, 11) is 0. The lowest BCUT2D eigenvalue weighted by Gasteiger charge is -2.33. The van der Waals surface area contributed by atoms with Crippen molar-refractivity contribution >= 4 is 17.7 Å². The smallest absolute Gasteiger partial charge is 0.266 e. The van der Waals surface area contributed by atoms with Crippen molar-refractivity contribution in [2.24, 2.45) is 0 Å². The van der Waals surface area contributed by atoms with Gasteiger partial charge in [-0.2, -0.15) is 4.98 Å². The third kappa shape index (κ3) is 3.48. The van der Waals surface area contributed by atoms with Gasteiger partial charge in [0.05, 0.1) is 19.3 Å². The maximum Gasteiger partial charge on any atom is 0.266 e. The van der Waals surface area contributed by atoms with Crippen LogP contribution in [-0.2, 0) is 9.53 Å². The fourth-order valence-electron chi connectivity index (χ4n) is 3.01. The van der Waals surface area contributed by atoms with Gasteiger partial charge in [0.25, 0.3) is 11.8 Å². The van der Waals surface area contributed by atoms with Crippen molar-refractivity contribution in [2.75, 3.05) is 49.6 Å². The lowest BCUT2D eigenvalue weighted by Crippen LogP contribution is -2.48. The number of piperazine rings is 1. The Morgan fingerprint density at radius 1 is 1.31 bits per heavy atom. The third-order valence-electron chi connectivity index (χ3n) is 4.63. The number of ether oxygens (including phenoxy) is 1. The van der Waals surface area contributed by atoms with E-state index >= 15 is 0 Å². The SMILES string of the molecule is CCC(=O)N1CCN(c2noc(-c3ccnc(NC4COC4)c3)n2)CC1. The van der Waals surface area contributed by atoms with Crippen LogP contribution in [0.2, 0.25) is 0 Å². The summed E-state index contributed by atoms with van der Waals surface area (Å²) >= 11 is 0. The summed E-state index contributed by atoms with van der Waals surface area (Å²) in [5, 5.41) is 7.41. The van der Waals surface area contributed by atoms with Crippen molar-refractivity contribution in [3.05, 3.63) is 18.3 Å². The first-order chi connectivity index (χ1) is 12.7. The summed E-state index contributed by atoms with van der Waals surface area (Å²) in [5.41, 5.74) is 0.821. The number of nitrogens with zero attached hydrogens (tertiary/aromatic N) is 5. The predicted octanol–water partition coefficient (Wildman–Crippen LogP) is 1.00. The number of hydrogen-bond acceptors (Lipinski definition) is 8. The van der Waals surface area contributed by atoms with Crippen molar-refractivity contribution in [2.45, 2.75) is 19.4 Å². The first kappa shape index (κ1) is 16.8. The van der Waals surface area contributed by atoms with Gasteiger partial charge in [-0.05, 0) is 17.3 Å². The first-order valence-corrected chi connectivity index (χ1v) is 8.90. The van der Waals surface area contributed by atoms with Crippen molar-refractivity contribution in [1.82, 2.24) is 20.0 Å². The molecule has 4 heterocycles. The van der Waals surface area contributed by atoms with Crippen LogP contribution in [0.4, 0.5) is 11.8 Å². The highest BCUT2D eigenvalue weighted by molar-refractivity contribution is 5.76. The van der Waals surface area contributed by atoms with Crippen molar-refractivity contribution in [3.8, 4) is 11.5 Å². The van der Waals surface area contributed by atoms with Gasteiger partial charge >= 0.3 is 0 Å². The molecule has 2 aliphatic rings. The van der Waals surface area contributed by atoms with E-state index in [0.717, 1.165) is 11.4 Å². The second-order valence-electron chi connectivity index (χ2n) is 6.43. The molecule has 4 rings (SSSR count). The van der Waals surface area contributed by atoms with E-state index in [0.29, 0.717) is 63.7 Å². The van der Waals surface area contributed by atoms with E-state index in [2.05, 4.69) is 20.4 Å². The lowest BCUT2D eigenvalue weighted by atomic mass is 10.2. The van der Waals surface area contributed by atoms with Crippen LogP contribution in [0, 0.1) is 0 Å². The van der Waals surface area contributed by atoms with E-state index in [1.54, 1.807) is 6.20 Å². The Morgan fingerprint density at radius 2 is 2.12 bits per heavy atom. The van der Waals surface area contributed by atoms with Crippen LogP contribution in [0.3, 0.4) is 0 Å². The summed E-state index contributed by atoms with van der Waals surface area (Å²) in [6, 6.07) is 4.04. The largest absolute Gasteiger partial charge is 0.377 e. The molecule has 2 fully saturated rings. The molecule has 2 aliphatic heterocycles. The zero-order chi connectivity index (χ0) is 17.9. The topological polar surface area (TPSA) is 96.6 Å². The van der Waals surface area contributed by atoms with Gasteiger partial charge in [-0.25, -0.2) is 4.98 Å². The van der Waals surface area contributed by atoms with Crippen molar-refractivity contribution in [1.29, 1.82) is 0 Å². The van der Waals surface area contributed by atoms with Crippen molar-refractivity contribution in [3.63, 3.8) is 0 Å². The molecule has 0 radical (unpaired) electrons. The minimum absolute atomic E-state index is 0.187. The molecular weight excluding hydrogens is 336 g/mol. The maximum absolute atomic E-state index is 11.8. The molecule has 0 bridgehead atoms. The molecule has 0 aromatic carbocycles. The second kappa shape index (κ2) is 7.28. The Bertz CT molecular complexity index is 767. The van der Waals surface area contributed by atoms with Crippen LogP contribution in [0.25, 0.3) is 11.5 Å². The fourth-order valence-corrected chi connectivity index (χ4v) is 3.01. The highest BCUT2D eigenvalue weighted by Crippen LogP contribution is 2.23. The van der Waals surface area contributed by atoms with Gasteiger partial charge in [0.15, 0.2) is 0 Å². The van der Waals surface area contributed by atoms with Gasteiger partial charge in [0.1, 0.15) is 5.82 Å². The van der Waals surface area contributed by atoms with Crippen LogP contribution in [-0.4, -0.2) is 71.4 Å². The summed E-state index contributed by atoms with van der Waals surface area (Å²) in [6.07, 6.45) is 2.26. The number of amides is 1. The number of rotatable bonds is 5. The van der Waals surface area contributed by atoms with Crippen LogP contribution < -0.4 is 10.2 Å². The third-order valence-corrected chi connectivity index (χ3v) is 4.63. The van der Waals surface area contributed by atoms with Gasteiger partial charge < -0.3 is 24.4 Å². The van der Waals surface area contributed by atoms with Crippen LogP contribution in [0.1, 0.15) is 13.3 Å². The molecule has 9 nitrogen and oxygen atoms in total. The number of carbonyl (C=O) groups is 1.